The van der Waals surface area contributed by atoms with Gasteiger partial charge in [0.15, 0.2) is 5.82 Å². The average molecular weight is 516 g/mol. The molecule has 7 nitrogen and oxygen atoms in total. The molecule has 0 amide bonds. The standard InChI is InChI=1S/C31H45N7/c1-23-15-16-24(31(2,3)4)21-27(23)38(9)29-28-26(32-17-18-35(28)6)22-37(8)30(33-29)36(7)20-19-34(5)25-13-11-10-12-14-25/h10-17,21,26H,18-20,22H2,1-9H3. The molecular weight excluding hydrogens is 470 g/mol. The van der Waals surface area contributed by atoms with Gasteiger partial charge in [-0.3, -0.25) is 4.99 Å². The molecule has 0 fully saturated rings. The molecule has 0 spiro atoms. The molecule has 2 aliphatic rings. The number of para-hydroxylation sites is 1. The second kappa shape index (κ2) is 11.1. The minimum atomic E-state index is 0.0314. The number of aliphatic imine (C=N–C) groups is 2. The van der Waals surface area contributed by atoms with Crippen LogP contribution in [0.25, 0.3) is 0 Å². The van der Waals surface area contributed by atoms with Crippen molar-refractivity contribution in [2.75, 3.05) is 71.2 Å². The van der Waals surface area contributed by atoms with E-state index in [0.29, 0.717) is 0 Å². The maximum Gasteiger partial charge on any atom is 0.202 e. The van der Waals surface area contributed by atoms with Crippen molar-refractivity contribution in [2.24, 2.45) is 9.98 Å². The van der Waals surface area contributed by atoms with Crippen LogP contribution in [0.5, 0.6) is 0 Å². The van der Waals surface area contributed by atoms with Gasteiger partial charge in [-0.2, -0.15) is 4.99 Å². The van der Waals surface area contributed by atoms with Gasteiger partial charge in [0, 0.05) is 72.5 Å². The largest absolute Gasteiger partial charge is 0.373 e. The number of guanidine groups is 1. The summed E-state index contributed by atoms with van der Waals surface area (Å²) in [5.74, 6) is 1.93. The Hall–Kier alpha value is -3.48. The Labute approximate surface area is 229 Å². The van der Waals surface area contributed by atoms with Gasteiger partial charge in [0.25, 0.3) is 0 Å². The van der Waals surface area contributed by atoms with E-state index < -0.39 is 0 Å². The minimum absolute atomic E-state index is 0.0314. The summed E-state index contributed by atoms with van der Waals surface area (Å²) in [6, 6.07) is 17.4. The highest BCUT2D eigenvalue weighted by molar-refractivity contribution is 5.82. The molecule has 1 unspecified atom stereocenters. The van der Waals surface area contributed by atoms with Crippen molar-refractivity contribution in [1.82, 2.24) is 14.7 Å². The zero-order chi connectivity index (χ0) is 27.6. The van der Waals surface area contributed by atoms with Crippen LogP contribution in [0.4, 0.5) is 11.4 Å². The summed E-state index contributed by atoms with van der Waals surface area (Å²) < 4.78 is 0. The number of hydrogen-bond acceptors (Lipinski definition) is 7. The number of anilines is 2. The van der Waals surface area contributed by atoms with Crippen molar-refractivity contribution < 1.29 is 0 Å². The van der Waals surface area contributed by atoms with Crippen LogP contribution in [0.15, 0.2) is 70.0 Å². The van der Waals surface area contributed by atoms with E-state index in [1.807, 2.05) is 6.21 Å². The molecule has 2 aliphatic heterocycles. The van der Waals surface area contributed by atoms with Gasteiger partial charge in [-0.25, -0.2) is 0 Å². The third-order valence-electron chi connectivity index (χ3n) is 7.65. The Morgan fingerprint density at radius 1 is 0.921 bits per heavy atom. The van der Waals surface area contributed by atoms with Crippen molar-refractivity contribution in [3.8, 4) is 0 Å². The second-order valence-corrected chi connectivity index (χ2v) is 11.7. The molecule has 0 aromatic heterocycles. The molecule has 2 aromatic carbocycles. The van der Waals surface area contributed by atoms with Crippen LogP contribution in [-0.4, -0.2) is 94.3 Å². The molecule has 38 heavy (non-hydrogen) atoms. The Morgan fingerprint density at radius 3 is 2.29 bits per heavy atom. The number of nitrogens with zero attached hydrogens (tertiary/aromatic N) is 7. The van der Waals surface area contributed by atoms with Gasteiger partial charge >= 0.3 is 0 Å². The highest BCUT2D eigenvalue weighted by Crippen LogP contribution is 2.33. The van der Waals surface area contributed by atoms with Gasteiger partial charge < -0.3 is 24.5 Å². The Kier molecular flexibility index (Phi) is 8.05. The first kappa shape index (κ1) is 27.6. The van der Waals surface area contributed by atoms with Gasteiger partial charge in [-0.1, -0.05) is 51.1 Å². The molecule has 0 saturated heterocycles. The lowest BCUT2D eigenvalue weighted by atomic mass is 9.86. The van der Waals surface area contributed by atoms with Crippen LogP contribution >= 0.6 is 0 Å². The summed E-state index contributed by atoms with van der Waals surface area (Å²) >= 11 is 0. The lowest BCUT2D eigenvalue weighted by Crippen LogP contribution is -2.46. The van der Waals surface area contributed by atoms with E-state index in [-0.39, 0.29) is 11.5 Å². The Bertz CT molecular complexity index is 1210. The maximum atomic E-state index is 5.39. The predicted molar refractivity (Wildman–Crippen MR) is 163 cm³/mol. The molecule has 2 heterocycles. The molecule has 4 rings (SSSR count). The lowest BCUT2D eigenvalue weighted by Gasteiger charge is -2.34. The van der Waals surface area contributed by atoms with Crippen LogP contribution in [-0.2, 0) is 5.41 Å². The van der Waals surface area contributed by atoms with Crippen molar-refractivity contribution in [3.63, 3.8) is 0 Å². The molecule has 0 saturated carbocycles. The topological polar surface area (TPSA) is 40.9 Å². The fourth-order valence-corrected chi connectivity index (χ4v) is 5.14. The molecular formula is C31H45N7. The van der Waals surface area contributed by atoms with E-state index in [9.17, 15) is 0 Å². The molecule has 0 aliphatic carbocycles. The molecule has 1 atom stereocenters. The first-order valence-electron chi connectivity index (χ1n) is 13.6. The highest BCUT2D eigenvalue weighted by atomic mass is 15.4. The first-order valence-corrected chi connectivity index (χ1v) is 13.6. The molecule has 7 heteroatoms. The second-order valence-electron chi connectivity index (χ2n) is 11.7. The summed E-state index contributed by atoms with van der Waals surface area (Å²) in [5, 5.41) is 0. The Morgan fingerprint density at radius 2 is 1.61 bits per heavy atom. The fraction of sp³-hybridized carbons (Fsp3) is 0.484. The monoisotopic (exact) mass is 515 g/mol. The molecule has 0 radical (unpaired) electrons. The van der Waals surface area contributed by atoms with E-state index in [4.69, 9.17) is 9.98 Å². The molecule has 204 valence electrons. The van der Waals surface area contributed by atoms with E-state index in [2.05, 4.69) is 136 Å². The van der Waals surface area contributed by atoms with Crippen molar-refractivity contribution >= 4 is 23.5 Å². The van der Waals surface area contributed by atoms with Crippen LogP contribution in [0.2, 0.25) is 0 Å². The van der Waals surface area contributed by atoms with E-state index in [1.54, 1.807) is 0 Å². The lowest BCUT2D eigenvalue weighted by molar-refractivity contribution is 0.353. The highest BCUT2D eigenvalue weighted by Gasteiger charge is 2.33. The molecule has 0 bridgehead atoms. The fourth-order valence-electron chi connectivity index (χ4n) is 5.14. The number of fused-ring (bicyclic) bond motifs is 1. The molecule has 2 aromatic rings. The Balaban J connectivity index is 1.71. The SMILES string of the molecule is Cc1ccc(C(C)(C)C)cc1N(C)C1=C2C(CN(C)C(N(C)CCN(C)c3ccccc3)=N1)N=CCN2C. The first-order chi connectivity index (χ1) is 18.0. The zero-order valence-corrected chi connectivity index (χ0v) is 24.7. The third kappa shape index (κ3) is 5.82. The smallest absolute Gasteiger partial charge is 0.202 e. The number of rotatable bonds is 6. The van der Waals surface area contributed by atoms with Crippen LogP contribution in [0.3, 0.4) is 0 Å². The van der Waals surface area contributed by atoms with Gasteiger partial charge in [0.2, 0.25) is 5.96 Å². The summed E-state index contributed by atoms with van der Waals surface area (Å²) in [4.78, 5) is 21.7. The van der Waals surface area contributed by atoms with Gasteiger partial charge in [-0.15, -0.1) is 0 Å². The van der Waals surface area contributed by atoms with Gasteiger partial charge in [-0.05, 0) is 41.7 Å². The van der Waals surface area contributed by atoms with Gasteiger partial charge in [0.1, 0.15) is 6.04 Å². The summed E-state index contributed by atoms with van der Waals surface area (Å²) in [5.41, 5.74) is 6.19. The number of benzene rings is 2. The quantitative estimate of drug-likeness (QED) is 0.560. The minimum Gasteiger partial charge on any atom is -0.373 e. The van der Waals surface area contributed by atoms with Crippen molar-refractivity contribution in [3.05, 3.63) is 71.2 Å². The van der Waals surface area contributed by atoms with Crippen molar-refractivity contribution in [1.29, 1.82) is 0 Å². The maximum absolute atomic E-state index is 5.39. The third-order valence-corrected chi connectivity index (χ3v) is 7.65. The van der Waals surface area contributed by atoms with Crippen LogP contribution in [0.1, 0.15) is 31.9 Å². The van der Waals surface area contributed by atoms with Gasteiger partial charge in [0.05, 0.1) is 12.2 Å². The summed E-state index contributed by atoms with van der Waals surface area (Å²) in [6.07, 6.45) is 2.04. The summed E-state index contributed by atoms with van der Waals surface area (Å²) in [6.45, 7) is 12.3. The predicted octanol–water partition coefficient (Wildman–Crippen LogP) is 4.65. The van der Waals surface area contributed by atoms with E-state index in [1.165, 1.54) is 28.2 Å². The zero-order valence-electron chi connectivity index (χ0n) is 24.7. The van der Waals surface area contributed by atoms with Crippen LogP contribution < -0.4 is 9.80 Å². The number of hydrogen-bond donors (Lipinski definition) is 0. The molecule has 0 N–H and O–H groups in total. The van der Waals surface area contributed by atoms with E-state index in [0.717, 1.165) is 38.0 Å². The number of likely N-dealkylation sites (N-methyl/N-ethyl adjacent to an activating group) is 4. The van der Waals surface area contributed by atoms with Crippen LogP contribution in [0, 0.1) is 6.92 Å². The normalized spacial score (nSPS) is 17.7. The summed E-state index contributed by atoms with van der Waals surface area (Å²) in [7, 11) is 10.7. The average Bonchev–Trinajstić information content (AvgIpc) is 3.03. The van der Waals surface area contributed by atoms with Crippen molar-refractivity contribution in [2.45, 2.75) is 39.2 Å². The van der Waals surface area contributed by atoms with E-state index >= 15 is 0 Å². The number of aryl methyl sites for hydroxylation is 1.